The van der Waals surface area contributed by atoms with Crippen LogP contribution in [-0.2, 0) is 4.74 Å². The maximum Gasteiger partial charge on any atom is 0.0619 e. The van der Waals surface area contributed by atoms with E-state index < -0.39 is 0 Å². The lowest BCUT2D eigenvalue weighted by Gasteiger charge is -2.23. The van der Waals surface area contributed by atoms with Gasteiger partial charge in [0.15, 0.2) is 0 Å². The van der Waals surface area contributed by atoms with Crippen LogP contribution in [-0.4, -0.2) is 12.7 Å². The molecular formula is C12H19NOS. The summed E-state index contributed by atoms with van der Waals surface area (Å²) in [7, 11) is 0. The SMILES string of the molecule is CCC1OCCC1C(N)c1ccsc1C. The van der Waals surface area contributed by atoms with E-state index in [4.69, 9.17) is 10.5 Å². The average molecular weight is 225 g/mol. The summed E-state index contributed by atoms with van der Waals surface area (Å²) in [5.41, 5.74) is 7.65. The molecule has 1 aliphatic heterocycles. The Morgan fingerprint density at radius 1 is 1.67 bits per heavy atom. The Balaban J connectivity index is 2.13. The molecule has 0 amide bonds. The van der Waals surface area contributed by atoms with Gasteiger partial charge in [-0.3, -0.25) is 0 Å². The zero-order valence-corrected chi connectivity index (χ0v) is 10.2. The molecule has 1 aromatic heterocycles. The van der Waals surface area contributed by atoms with Crippen molar-refractivity contribution in [2.24, 2.45) is 11.7 Å². The van der Waals surface area contributed by atoms with Gasteiger partial charge in [0.05, 0.1) is 6.10 Å². The molecule has 1 aromatic rings. The van der Waals surface area contributed by atoms with Crippen molar-refractivity contribution in [3.8, 4) is 0 Å². The summed E-state index contributed by atoms with van der Waals surface area (Å²) < 4.78 is 5.70. The maximum absolute atomic E-state index is 6.34. The van der Waals surface area contributed by atoms with Crippen LogP contribution in [0.4, 0.5) is 0 Å². The van der Waals surface area contributed by atoms with Crippen LogP contribution in [0.5, 0.6) is 0 Å². The van der Waals surface area contributed by atoms with Crippen LogP contribution in [0.15, 0.2) is 11.4 Å². The summed E-state index contributed by atoms with van der Waals surface area (Å²) in [5, 5.41) is 2.13. The topological polar surface area (TPSA) is 35.2 Å². The third-order valence-corrected chi connectivity index (χ3v) is 4.24. The molecule has 0 saturated carbocycles. The van der Waals surface area contributed by atoms with E-state index in [2.05, 4.69) is 25.3 Å². The van der Waals surface area contributed by atoms with Crippen molar-refractivity contribution in [2.75, 3.05) is 6.61 Å². The average Bonchev–Trinajstić information content (AvgIpc) is 2.84. The lowest BCUT2D eigenvalue weighted by atomic mass is 9.88. The Labute approximate surface area is 95.4 Å². The smallest absolute Gasteiger partial charge is 0.0619 e. The van der Waals surface area contributed by atoms with E-state index in [0.29, 0.717) is 12.0 Å². The highest BCUT2D eigenvalue weighted by molar-refractivity contribution is 7.10. The van der Waals surface area contributed by atoms with Crippen molar-refractivity contribution in [3.05, 3.63) is 21.9 Å². The van der Waals surface area contributed by atoms with Gasteiger partial charge in [-0.15, -0.1) is 11.3 Å². The van der Waals surface area contributed by atoms with Gasteiger partial charge in [0.2, 0.25) is 0 Å². The molecule has 3 atom stereocenters. The van der Waals surface area contributed by atoms with Crippen LogP contribution >= 0.6 is 11.3 Å². The van der Waals surface area contributed by atoms with Gasteiger partial charge in [0, 0.05) is 23.4 Å². The lowest BCUT2D eigenvalue weighted by molar-refractivity contribution is 0.0813. The number of aryl methyl sites for hydroxylation is 1. The molecule has 0 aliphatic carbocycles. The molecule has 3 unspecified atom stereocenters. The molecule has 0 radical (unpaired) electrons. The normalized spacial score (nSPS) is 28.2. The number of hydrogen-bond acceptors (Lipinski definition) is 3. The molecule has 2 heterocycles. The Kier molecular flexibility index (Phi) is 3.44. The molecule has 0 bridgehead atoms. The molecular weight excluding hydrogens is 206 g/mol. The van der Waals surface area contributed by atoms with Crippen LogP contribution < -0.4 is 5.73 Å². The second-order valence-electron chi connectivity index (χ2n) is 4.23. The second kappa shape index (κ2) is 4.64. The van der Waals surface area contributed by atoms with Crippen LogP contribution in [0.3, 0.4) is 0 Å². The minimum absolute atomic E-state index is 0.156. The molecule has 1 saturated heterocycles. The molecule has 0 spiro atoms. The minimum atomic E-state index is 0.156. The first kappa shape index (κ1) is 11.1. The number of thiophene rings is 1. The Morgan fingerprint density at radius 3 is 3.07 bits per heavy atom. The van der Waals surface area contributed by atoms with E-state index in [0.717, 1.165) is 19.4 Å². The number of nitrogens with two attached hydrogens (primary N) is 1. The minimum Gasteiger partial charge on any atom is -0.378 e. The van der Waals surface area contributed by atoms with E-state index in [1.807, 2.05) is 0 Å². The van der Waals surface area contributed by atoms with E-state index in [-0.39, 0.29) is 6.04 Å². The summed E-state index contributed by atoms with van der Waals surface area (Å²) in [5.74, 6) is 0.503. The highest BCUT2D eigenvalue weighted by atomic mass is 32.1. The first-order valence-corrected chi connectivity index (χ1v) is 6.53. The third-order valence-electron chi connectivity index (χ3n) is 3.38. The van der Waals surface area contributed by atoms with Crippen LogP contribution in [0.2, 0.25) is 0 Å². The summed E-state index contributed by atoms with van der Waals surface area (Å²) >= 11 is 1.78. The first-order valence-electron chi connectivity index (χ1n) is 5.65. The molecule has 2 N–H and O–H groups in total. The second-order valence-corrected chi connectivity index (χ2v) is 5.35. The zero-order valence-electron chi connectivity index (χ0n) is 9.40. The van der Waals surface area contributed by atoms with Gasteiger partial charge in [0.1, 0.15) is 0 Å². The zero-order chi connectivity index (χ0) is 10.8. The van der Waals surface area contributed by atoms with E-state index in [9.17, 15) is 0 Å². The largest absolute Gasteiger partial charge is 0.378 e. The van der Waals surface area contributed by atoms with Gasteiger partial charge in [-0.05, 0) is 36.8 Å². The molecule has 3 heteroatoms. The van der Waals surface area contributed by atoms with Crippen molar-refractivity contribution in [2.45, 2.75) is 38.8 Å². The monoisotopic (exact) mass is 225 g/mol. The van der Waals surface area contributed by atoms with Crippen LogP contribution in [0.25, 0.3) is 0 Å². The van der Waals surface area contributed by atoms with E-state index in [1.54, 1.807) is 11.3 Å². The van der Waals surface area contributed by atoms with Crippen molar-refractivity contribution < 1.29 is 4.74 Å². The third kappa shape index (κ3) is 2.10. The number of ether oxygens (including phenoxy) is 1. The number of hydrogen-bond donors (Lipinski definition) is 1. The summed E-state index contributed by atoms with van der Waals surface area (Å²) in [6.45, 7) is 5.20. The summed E-state index contributed by atoms with van der Waals surface area (Å²) in [6.07, 6.45) is 2.54. The predicted octanol–water partition coefficient (Wildman–Crippen LogP) is 2.87. The molecule has 84 valence electrons. The van der Waals surface area contributed by atoms with E-state index >= 15 is 0 Å². The standard InChI is InChI=1S/C12H19NOS/c1-3-11-10(4-6-14-11)12(13)9-5-7-15-8(9)2/h5,7,10-12H,3-4,6,13H2,1-2H3. The van der Waals surface area contributed by atoms with E-state index in [1.165, 1.54) is 10.4 Å². The summed E-state index contributed by atoms with van der Waals surface area (Å²) in [4.78, 5) is 1.35. The van der Waals surface area contributed by atoms with Crippen molar-refractivity contribution in [3.63, 3.8) is 0 Å². The molecule has 1 fully saturated rings. The maximum atomic E-state index is 6.34. The molecule has 1 aliphatic rings. The quantitative estimate of drug-likeness (QED) is 0.858. The van der Waals surface area contributed by atoms with Gasteiger partial charge in [-0.25, -0.2) is 0 Å². The lowest BCUT2D eigenvalue weighted by Crippen LogP contribution is -2.28. The Morgan fingerprint density at radius 2 is 2.47 bits per heavy atom. The first-order chi connectivity index (χ1) is 7.24. The van der Waals surface area contributed by atoms with Crippen molar-refractivity contribution in [1.82, 2.24) is 0 Å². The number of rotatable bonds is 3. The highest BCUT2D eigenvalue weighted by Gasteiger charge is 2.33. The fourth-order valence-electron chi connectivity index (χ4n) is 2.47. The van der Waals surface area contributed by atoms with Crippen LogP contribution in [0, 0.1) is 12.8 Å². The van der Waals surface area contributed by atoms with Crippen LogP contribution in [0.1, 0.15) is 36.2 Å². The van der Waals surface area contributed by atoms with Gasteiger partial charge in [-0.1, -0.05) is 6.92 Å². The Bertz CT molecular complexity index is 323. The fraction of sp³-hybridized carbons (Fsp3) is 0.667. The van der Waals surface area contributed by atoms with Crippen molar-refractivity contribution in [1.29, 1.82) is 0 Å². The van der Waals surface area contributed by atoms with Gasteiger partial charge >= 0.3 is 0 Å². The molecule has 0 aromatic carbocycles. The predicted molar refractivity (Wildman–Crippen MR) is 64.1 cm³/mol. The molecule has 2 rings (SSSR count). The van der Waals surface area contributed by atoms with Crippen molar-refractivity contribution >= 4 is 11.3 Å². The fourth-order valence-corrected chi connectivity index (χ4v) is 3.23. The summed E-state index contributed by atoms with van der Waals surface area (Å²) in [6, 6.07) is 2.32. The molecule has 2 nitrogen and oxygen atoms in total. The molecule has 15 heavy (non-hydrogen) atoms. The van der Waals surface area contributed by atoms with Gasteiger partial charge < -0.3 is 10.5 Å². The van der Waals surface area contributed by atoms with Gasteiger partial charge in [0.25, 0.3) is 0 Å². The Hall–Kier alpha value is -0.380. The highest BCUT2D eigenvalue weighted by Crippen LogP contribution is 2.35. The van der Waals surface area contributed by atoms with Gasteiger partial charge in [-0.2, -0.15) is 0 Å².